The van der Waals surface area contributed by atoms with E-state index in [1.807, 2.05) is 0 Å². The fourth-order valence-corrected chi connectivity index (χ4v) is 3.14. The lowest BCUT2D eigenvalue weighted by Gasteiger charge is -2.11. The number of aryl methyl sites for hydroxylation is 2. The van der Waals surface area contributed by atoms with Gasteiger partial charge in [-0.2, -0.15) is 0 Å². The first-order valence-corrected chi connectivity index (χ1v) is 6.87. The van der Waals surface area contributed by atoms with Crippen LogP contribution in [0.1, 0.15) is 36.6 Å². The van der Waals surface area contributed by atoms with Crippen molar-refractivity contribution in [3.8, 4) is 5.75 Å². The number of nitrogens with two attached hydrogens (primary N) is 1. The molecule has 0 atom stereocenters. The lowest BCUT2D eigenvalue weighted by atomic mass is 10.00. The predicted molar refractivity (Wildman–Crippen MR) is 81.1 cm³/mol. The Morgan fingerprint density at radius 3 is 2.53 bits per heavy atom. The summed E-state index contributed by atoms with van der Waals surface area (Å²) in [5.41, 5.74) is 11.1. The van der Waals surface area contributed by atoms with Crippen LogP contribution < -0.4 is 10.5 Å². The Hall–Kier alpha value is -1.48. The van der Waals surface area contributed by atoms with Crippen LogP contribution >= 0.6 is 0 Å². The van der Waals surface area contributed by atoms with E-state index in [1.165, 1.54) is 27.7 Å². The molecule has 0 spiro atoms. The third-order valence-electron chi connectivity index (χ3n) is 3.78. The Morgan fingerprint density at radius 1 is 1.32 bits per heavy atom. The van der Waals surface area contributed by atoms with E-state index in [1.54, 1.807) is 7.11 Å². The van der Waals surface area contributed by atoms with E-state index in [2.05, 4.69) is 44.5 Å². The molecule has 0 bridgehead atoms. The molecule has 2 rings (SSSR count). The molecule has 1 heterocycles. The van der Waals surface area contributed by atoms with Crippen LogP contribution in [0.4, 0.5) is 0 Å². The van der Waals surface area contributed by atoms with E-state index >= 15 is 0 Å². The van der Waals surface area contributed by atoms with Crippen molar-refractivity contribution >= 4 is 10.9 Å². The molecular formula is C16H24N2O. The molecule has 1 aromatic heterocycles. The molecule has 0 fully saturated rings. The summed E-state index contributed by atoms with van der Waals surface area (Å²) in [5, 5.41) is 1.29. The summed E-state index contributed by atoms with van der Waals surface area (Å²) in [7, 11) is 3.87. The average Bonchev–Trinajstić information content (AvgIpc) is 2.63. The van der Waals surface area contributed by atoms with Crippen molar-refractivity contribution in [1.82, 2.24) is 4.57 Å². The summed E-state index contributed by atoms with van der Waals surface area (Å²) in [6, 6.07) is 4.23. The maximum absolute atomic E-state index is 5.80. The Kier molecular flexibility index (Phi) is 3.85. The van der Waals surface area contributed by atoms with E-state index < -0.39 is 0 Å². The van der Waals surface area contributed by atoms with E-state index in [9.17, 15) is 0 Å². The number of methoxy groups -OCH3 is 1. The molecule has 3 heteroatoms. The van der Waals surface area contributed by atoms with E-state index in [-0.39, 0.29) is 0 Å². The number of aromatic nitrogens is 1. The molecule has 2 N–H and O–H groups in total. The normalized spacial score (nSPS) is 11.5. The molecule has 0 aliphatic rings. The van der Waals surface area contributed by atoms with Gasteiger partial charge in [0.25, 0.3) is 0 Å². The van der Waals surface area contributed by atoms with E-state index in [0.29, 0.717) is 12.5 Å². The zero-order chi connectivity index (χ0) is 14.2. The first-order valence-electron chi connectivity index (χ1n) is 6.87. The predicted octanol–water partition coefficient (Wildman–Crippen LogP) is 3.12. The molecule has 0 radical (unpaired) electrons. The van der Waals surface area contributed by atoms with Gasteiger partial charge in [-0.25, -0.2) is 0 Å². The molecular weight excluding hydrogens is 236 g/mol. The summed E-state index contributed by atoms with van der Waals surface area (Å²) in [5.74, 6) is 1.41. The van der Waals surface area contributed by atoms with Crippen LogP contribution in [0.15, 0.2) is 12.1 Å². The van der Waals surface area contributed by atoms with Gasteiger partial charge < -0.3 is 15.0 Å². The first-order chi connectivity index (χ1) is 9.01. The van der Waals surface area contributed by atoms with Crippen LogP contribution in [-0.2, 0) is 13.5 Å². The van der Waals surface area contributed by atoms with Gasteiger partial charge in [-0.3, -0.25) is 0 Å². The second-order valence-electron chi connectivity index (χ2n) is 5.46. The summed E-state index contributed by atoms with van der Waals surface area (Å²) < 4.78 is 7.72. The SMILES string of the molecule is COc1cc(C)c2c(c1)c(CCN)c(C(C)C)n2C. The van der Waals surface area contributed by atoms with Crippen LogP contribution in [0.3, 0.4) is 0 Å². The van der Waals surface area contributed by atoms with Crippen molar-refractivity contribution in [2.24, 2.45) is 12.8 Å². The van der Waals surface area contributed by atoms with Gasteiger partial charge in [0, 0.05) is 18.1 Å². The molecule has 19 heavy (non-hydrogen) atoms. The Bertz CT molecular complexity index is 597. The van der Waals surface area contributed by atoms with Crippen LogP contribution in [0.25, 0.3) is 10.9 Å². The fourth-order valence-electron chi connectivity index (χ4n) is 3.14. The average molecular weight is 260 g/mol. The molecule has 104 valence electrons. The number of fused-ring (bicyclic) bond motifs is 1. The van der Waals surface area contributed by atoms with Crippen LogP contribution in [0.2, 0.25) is 0 Å². The molecule has 0 unspecified atom stereocenters. The number of nitrogens with zero attached hydrogens (tertiary/aromatic N) is 1. The summed E-state index contributed by atoms with van der Waals surface area (Å²) in [6.07, 6.45) is 0.914. The van der Waals surface area contributed by atoms with Crippen molar-refractivity contribution in [2.75, 3.05) is 13.7 Å². The highest BCUT2D eigenvalue weighted by Crippen LogP contribution is 2.35. The highest BCUT2D eigenvalue weighted by molar-refractivity contribution is 5.89. The van der Waals surface area contributed by atoms with Crippen molar-refractivity contribution in [3.05, 3.63) is 29.0 Å². The molecule has 0 aliphatic carbocycles. The molecule has 0 aliphatic heterocycles. The number of ether oxygens (including phenoxy) is 1. The number of benzene rings is 1. The van der Waals surface area contributed by atoms with Crippen LogP contribution in [0, 0.1) is 6.92 Å². The van der Waals surface area contributed by atoms with Gasteiger partial charge in [-0.15, -0.1) is 0 Å². The minimum atomic E-state index is 0.490. The van der Waals surface area contributed by atoms with Gasteiger partial charge >= 0.3 is 0 Å². The van der Waals surface area contributed by atoms with Gasteiger partial charge in [0.15, 0.2) is 0 Å². The molecule has 0 saturated heterocycles. The lowest BCUT2D eigenvalue weighted by Crippen LogP contribution is -2.07. The topological polar surface area (TPSA) is 40.2 Å². The van der Waals surface area contributed by atoms with Crippen molar-refractivity contribution in [1.29, 1.82) is 0 Å². The lowest BCUT2D eigenvalue weighted by molar-refractivity contribution is 0.415. The van der Waals surface area contributed by atoms with Gasteiger partial charge in [0.2, 0.25) is 0 Å². The first kappa shape index (κ1) is 13.9. The molecule has 3 nitrogen and oxygen atoms in total. The second kappa shape index (κ2) is 5.25. The zero-order valence-electron chi connectivity index (χ0n) is 12.6. The van der Waals surface area contributed by atoms with Crippen LogP contribution in [0.5, 0.6) is 5.75 Å². The summed E-state index contributed by atoms with van der Waals surface area (Å²) >= 11 is 0. The number of hydrogen-bond acceptors (Lipinski definition) is 2. The number of rotatable bonds is 4. The minimum absolute atomic E-state index is 0.490. The van der Waals surface area contributed by atoms with Crippen LogP contribution in [-0.4, -0.2) is 18.2 Å². The Labute approximate surface area is 115 Å². The smallest absolute Gasteiger partial charge is 0.119 e. The summed E-state index contributed by atoms with van der Waals surface area (Å²) in [4.78, 5) is 0. The molecule has 1 aromatic carbocycles. The Balaban J connectivity index is 2.84. The molecule has 0 saturated carbocycles. The molecule has 2 aromatic rings. The third kappa shape index (κ3) is 2.23. The second-order valence-corrected chi connectivity index (χ2v) is 5.46. The fraction of sp³-hybridized carbons (Fsp3) is 0.500. The maximum atomic E-state index is 5.80. The van der Waals surface area contributed by atoms with Gasteiger partial charge in [0.05, 0.1) is 12.6 Å². The Morgan fingerprint density at radius 2 is 2.00 bits per heavy atom. The standard InChI is InChI=1S/C16H24N2O/c1-10(2)15-13(6-7-17)14-9-12(19-5)8-11(3)16(14)18(15)4/h8-10H,6-7,17H2,1-5H3. The summed E-state index contributed by atoms with van der Waals surface area (Å²) in [6.45, 7) is 7.29. The maximum Gasteiger partial charge on any atom is 0.119 e. The zero-order valence-corrected chi connectivity index (χ0v) is 12.6. The van der Waals surface area contributed by atoms with Gasteiger partial charge in [-0.1, -0.05) is 13.8 Å². The monoisotopic (exact) mass is 260 g/mol. The quantitative estimate of drug-likeness (QED) is 0.917. The number of hydrogen-bond donors (Lipinski definition) is 1. The van der Waals surface area contributed by atoms with Crippen molar-refractivity contribution < 1.29 is 4.74 Å². The van der Waals surface area contributed by atoms with E-state index in [0.717, 1.165) is 12.2 Å². The van der Waals surface area contributed by atoms with Crippen molar-refractivity contribution in [3.63, 3.8) is 0 Å². The van der Waals surface area contributed by atoms with Gasteiger partial charge in [-0.05, 0) is 49.1 Å². The van der Waals surface area contributed by atoms with E-state index in [4.69, 9.17) is 10.5 Å². The largest absolute Gasteiger partial charge is 0.497 e. The highest BCUT2D eigenvalue weighted by atomic mass is 16.5. The highest BCUT2D eigenvalue weighted by Gasteiger charge is 2.19. The van der Waals surface area contributed by atoms with Gasteiger partial charge in [0.1, 0.15) is 5.75 Å². The van der Waals surface area contributed by atoms with Crippen molar-refractivity contribution in [2.45, 2.75) is 33.1 Å². The third-order valence-corrected chi connectivity index (χ3v) is 3.78. The molecule has 0 amide bonds. The minimum Gasteiger partial charge on any atom is -0.497 e.